The van der Waals surface area contributed by atoms with Crippen molar-refractivity contribution in [3.8, 4) is 0 Å². The Labute approximate surface area is 543 Å². The molecular weight excluding hydrogens is 1210 g/mol. The summed E-state index contributed by atoms with van der Waals surface area (Å²) in [6, 6.07) is 0. The van der Waals surface area contributed by atoms with E-state index in [2.05, 4.69) is 0 Å². The normalized spacial score (nSPS) is 25.5. The fourth-order valence-corrected chi connectivity index (χ4v) is 11.4. The molecule has 27 heteroatoms. The minimum absolute atomic E-state index is 0.0114. The second-order valence-electron chi connectivity index (χ2n) is 25.6. The predicted molar refractivity (Wildman–Crippen MR) is 328 cm³/mol. The second kappa shape index (κ2) is 46.5. The van der Waals surface area contributed by atoms with Crippen LogP contribution in [0.3, 0.4) is 0 Å². The number of methoxy groups -OCH3 is 1. The number of aliphatic hydroxyl groups is 9. The molecule has 3 rings (SSSR count). The van der Waals surface area contributed by atoms with Gasteiger partial charge in [0.1, 0.15) is 81.0 Å². The van der Waals surface area contributed by atoms with Crippen LogP contribution in [0.1, 0.15) is 144 Å². The molecule has 0 aliphatic heterocycles. The summed E-state index contributed by atoms with van der Waals surface area (Å²) in [5.41, 5.74) is 0. The fourth-order valence-electron chi connectivity index (χ4n) is 11.4. The molecule has 9 N–H and O–H groups in total. The highest BCUT2D eigenvalue weighted by Gasteiger charge is 2.43. The summed E-state index contributed by atoms with van der Waals surface area (Å²) in [4.78, 5) is 79.8. The van der Waals surface area contributed by atoms with Gasteiger partial charge in [-0.15, -0.1) is 0 Å². The van der Waals surface area contributed by atoms with E-state index in [1.165, 1.54) is 7.11 Å². The number of hydrogen-bond acceptors (Lipinski definition) is 27. The van der Waals surface area contributed by atoms with Crippen LogP contribution in [0.2, 0.25) is 0 Å². The van der Waals surface area contributed by atoms with Gasteiger partial charge in [-0.25, -0.2) is 0 Å². The van der Waals surface area contributed by atoms with Gasteiger partial charge < -0.3 is 103 Å². The number of carbonyl (C=O) groups is 6. The summed E-state index contributed by atoms with van der Waals surface area (Å²) >= 11 is 0. The van der Waals surface area contributed by atoms with Crippen LogP contribution in [0.25, 0.3) is 0 Å². The first-order valence-electron chi connectivity index (χ1n) is 33.4. The maximum absolute atomic E-state index is 13.7. The minimum atomic E-state index is -1.96. The Morgan fingerprint density at radius 1 is 0.370 bits per heavy atom. The van der Waals surface area contributed by atoms with Gasteiger partial charge in [-0.05, 0) is 114 Å². The van der Waals surface area contributed by atoms with Crippen molar-refractivity contribution in [1.82, 2.24) is 0 Å². The SMILES string of the molecule is CCCOCC(O)COC(=O)C1CC(C)CCC1C(=O)CCC(O)COC(COCC(O)CC)C(O)C(O)C(COCC(O)COC(=O)C1CC(C)CCC1C(=O)OC)OCC(O)COC(=O)C1CC(C)CCC1C(=O)OCC(O)COCCCCOCC(O)CC. The van der Waals surface area contributed by atoms with E-state index in [0.717, 1.165) is 6.42 Å². The summed E-state index contributed by atoms with van der Waals surface area (Å²) < 4.78 is 66.3. The van der Waals surface area contributed by atoms with Gasteiger partial charge in [0.25, 0.3) is 0 Å². The number of rotatable bonds is 49. The molecule has 536 valence electrons. The molecule has 92 heavy (non-hydrogen) atoms. The smallest absolute Gasteiger partial charge is 0.309 e. The van der Waals surface area contributed by atoms with Crippen molar-refractivity contribution in [1.29, 1.82) is 0 Å². The molecule has 0 heterocycles. The number of ketones is 1. The average molecular weight is 1330 g/mol. The number of carbonyl (C=O) groups excluding carboxylic acids is 6. The van der Waals surface area contributed by atoms with Crippen molar-refractivity contribution in [3.63, 3.8) is 0 Å². The van der Waals surface area contributed by atoms with Crippen LogP contribution in [0.4, 0.5) is 0 Å². The molecule has 0 bridgehead atoms. The van der Waals surface area contributed by atoms with E-state index >= 15 is 0 Å². The van der Waals surface area contributed by atoms with E-state index in [-0.39, 0.29) is 82.4 Å². The van der Waals surface area contributed by atoms with Crippen molar-refractivity contribution in [2.24, 2.45) is 53.3 Å². The number of ether oxygens (including phenoxy) is 12. The average Bonchev–Trinajstić information content (AvgIpc) is 0.915. The van der Waals surface area contributed by atoms with Crippen LogP contribution < -0.4 is 0 Å². The highest BCUT2D eigenvalue weighted by molar-refractivity contribution is 5.87. The number of esters is 5. The minimum Gasteiger partial charge on any atom is -0.469 e. The van der Waals surface area contributed by atoms with E-state index in [9.17, 15) is 74.7 Å². The third kappa shape index (κ3) is 32.0. The van der Waals surface area contributed by atoms with E-state index in [4.69, 9.17) is 56.8 Å². The summed E-state index contributed by atoms with van der Waals surface area (Å²) in [6.45, 7) is 7.89. The third-order valence-electron chi connectivity index (χ3n) is 17.2. The van der Waals surface area contributed by atoms with E-state index in [1.807, 2.05) is 34.6 Å². The Hall–Kier alpha value is -3.62. The first-order valence-corrected chi connectivity index (χ1v) is 33.4. The first-order chi connectivity index (χ1) is 43.9. The van der Waals surface area contributed by atoms with Gasteiger partial charge in [-0.2, -0.15) is 0 Å². The lowest BCUT2D eigenvalue weighted by Crippen LogP contribution is -2.51. The van der Waals surface area contributed by atoms with E-state index < -0.39 is 179 Å². The lowest BCUT2D eigenvalue weighted by Gasteiger charge is -2.33. The van der Waals surface area contributed by atoms with E-state index in [0.29, 0.717) is 96.9 Å². The predicted octanol–water partition coefficient (Wildman–Crippen LogP) is 1.95. The molecule has 3 fully saturated rings. The Morgan fingerprint density at radius 3 is 1.12 bits per heavy atom. The van der Waals surface area contributed by atoms with Crippen LogP contribution in [-0.2, 0) is 85.6 Å². The molecule has 20 atom stereocenters. The molecule has 0 radical (unpaired) electrons. The van der Waals surface area contributed by atoms with Crippen molar-refractivity contribution in [2.75, 3.05) is 113 Å². The number of Topliss-reactive ketones (excluding diaryl/α,β-unsaturated/α-hetero) is 1. The lowest BCUT2D eigenvalue weighted by molar-refractivity contribution is -0.181. The van der Waals surface area contributed by atoms with Crippen LogP contribution >= 0.6 is 0 Å². The Bertz CT molecular complexity index is 2050. The molecule has 0 aromatic heterocycles. The highest BCUT2D eigenvalue weighted by Crippen LogP contribution is 2.38. The second-order valence-corrected chi connectivity index (χ2v) is 25.6. The topological polar surface area (TPSA) is 395 Å². The summed E-state index contributed by atoms with van der Waals surface area (Å²) in [5.74, 6) is -8.19. The van der Waals surface area contributed by atoms with Crippen molar-refractivity contribution >= 4 is 35.6 Å². The van der Waals surface area contributed by atoms with Gasteiger partial charge in [0.15, 0.2) is 0 Å². The Balaban J connectivity index is 1.70. The van der Waals surface area contributed by atoms with Crippen molar-refractivity contribution in [3.05, 3.63) is 0 Å². The zero-order valence-electron chi connectivity index (χ0n) is 55.5. The first kappa shape index (κ1) is 82.6. The quantitative estimate of drug-likeness (QED) is 0.0239. The van der Waals surface area contributed by atoms with Gasteiger partial charge in [0.05, 0.1) is 114 Å². The zero-order valence-corrected chi connectivity index (χ0v) is 55.5. The highest BCUT2D eigenvalue weighted by atomic mass is 16.6. The molecule has 27 nitrogen and oxygen atoms in total. The van der Waals surface area contributed by atoms with Crippen LogP contribution in [0.15, 0.2) is 0 Å². The molecule has 3 aliphatic carbocycles. The standard InChI is InChI=1S/C65H114O27/c1-8-21-82-29-46(69)35-90-63(78)53-24-40(4)13-17-50(53)56(73)20-16-45(68)32-87-57(38-85-28-44(67)10-3)59(74)60(75)58(39-86-31-48(71)36-91-64(79)54-25-41(5)14-18-51(54)61(76)81-7)88-33-49(72)37-92-65(80)55-26-42(6)15-19-52(55)62(77)89-34-47(70)30-84-23-12-11-22-83-27-43(66)9-2/h40-55,57-60,66-72,74-75H,8-39H2,1-7H3. The molecule has 3 saturated carbocycles. The van der Waals surface area contributed by atoms with Gasteiger partial charge in [-0.1, -0.05) is 41.5 Å². The molecule has 0 aromatic rings. The summed E-state index contributed by atoms with van der Waals surface area (Å²) in [6.07, 6.45) is -7.95. The molecule has 0 amide bonds. The zero-order chi connectivity index (χ0) is 68.1. The molecule has 0 spiro atoms. The van der Waals surface area contributed by atoms with Crippen LogP contribution in [0.5, 0.6) is 0 Å². The van der Waals surface area contributed by atoms with Gasteiger partial charge in [0, 0.05) is 32.2 Å². The monoisotopic (exact) mass is 1330 g/mol. The van der Waals surface area contributed by atoms with Crippen molar-refractivity contribution in [2.45, 2.75) is 211 Å². The molecule has 0 aromatic carbocycles. The Morgan fingerprint density at radius 2 is 0.707 bits per heavy atom. The number of hydrogen-bond donors (Lipinski definition) is 9. The maximum atomic E-state index is 13.7. The number of aliphatic hydroxyl groups excluding tert-OH is 9. The molecule has 20 unspecified atom stereocenters. The molecule has 0 saturated heterocycles. The largest absolute Gasteiger partial charge is 0.469 e. The molecule has 3 aliphatic rings. The van der Waals surface area contributed by atoms with Gasteiger partial charge in [0.2, 0.25) is 0 Å². The van der Waals surface area contributed by atoms with Gasteiger partial charge in [-0.3, -0.25) is 28.8 Å². The third-order valence-corrected chi connectivity index (χ3v) is 17.2. The fraction of sp³-hybridized carbons (Fsp3) is 0.908. The van der Waals surface area contributed by atoms with Crippen molar-refractivity contribution < 1.29 is 132 Å². The Kier molecular flexibility index (Phi) is 41.8. The number of unbranched alkanes of at least 4 members (excludes halogenated alkanes) is 1. The van der Waals surface area contributed by atoms with E-state index in [1.54, 1.807) is 6.92 Å². The molecular formula is C65H114O27. The summed E-state index contributed by atoms with van der Waals surface area (Å²) in [5, 5.41) is 97.6. The van der Waals surface area contributed by atoms with Gasteiger partial charge >= 0.3 is 29.8 Å². The van der Waals surface area contributed by atoms with Crippen LogP contribution in [0, 0.1) is 53.3 Å². The summed E-state index contributed by atoms with van der Waals surface area (Å²) in [7, 11) is 1.23. The van der Waals surface area contributed by atoms with Crippen LogP contribution in [-0.4, -0.2) is 262 Å². The lowest BCUT2D eigenvalue weighted by atomic mass is 9.72. The maximum Gasteiger partial charge on any atom is 0.309 e.